The highest BCUT2D eigenvalue weighted by Crippen LogP contribution is 2.38. The molecule has 0 saturated heterocycles. The summed E-state index contributed by atoms with van der Waals surface area (Å²) in [6, 6.07) is 17.8. The van der Waals surface area contributed by atoms with E-state index >= 15 is 0 Å². The Kier molecular flexibility index (Phi) is 3.98. The monoisotopic (exact) mass is 464 g/mol. The summed E-state index contributed by atoms with van der Waals surface area (Å²) in [7, 11) is 0. The number of nitrogens with one attached hydrogen (secondary N) is 1. The van der Waals surface area contributed by atoms with Gasteiger partial charge in [0, 0.05) is 20.3 Å². The molecular weight excluding hydrogens is 447 g/mol. The number of halogens is 1. The van der Waals surface area contributed by atoms with Crippen LogP contribution < -0.4 is 10.6 Å². The highest BCUT2D eigenvalue weighted by Gasteiger charge is 2.32. The van der Waals surface area contributed by atoms with Gasteiger partial charge >= 0.3 is 0 Å². The fraction of sp³-hybridized carbons (Fsp3) is 0.130. The third-order valence-electron chi connectivity index (χ3n) is 5.28. The molecule has 2 N–H and O–H groups in total. The van der Waals surface area contributed by atoms with Crippen molar-refractivity contribution in [3.8, 4) is 11.1 Å². The molecule has 27 heavy (non-hydrogen) atoms. The molecule has 1 aromatic heterocycles. The first-order valence-corrected chi connectivity index (χ1v) is 10.2. The Morgan fingerprint density at radius 3 is 2.59 bits per heavy atom. The van der Waals surface area contributed by atoms with E-state index in [4.69, 9.17) is 10.4 Å². The molecule has 0 amide bonds. The summed E-state index contributed by atoms with van der Waals surface area (Å²) in [5.74, 6) is 0. The van der Waals surface area contributed by atoms with Crippen LogP contribution >= 0.6 is 22.6 Å². The largest absolute Gasteiger partial charge is 0.384 e. The molecule has 3 aromatic rings. The molecule has 0 aliphatic heterocycles. The van der Waals surface area contributed by atoms with Gasteiger partial charge in [-0.05, 0) is 23.1 Å². The van der Waals surface area contributed by atoms with Crippen LogP contribution in [0.25, 0.3) is 23.3 Å². The molecule has 132 valence electrons. The van der Waals surface area contributed by atoms with E-state index in [1.54, 1.807) is 0 Å². The second-order valence-electron chi connectivity index (χ2n) is 6.90. The number of pyridine rings is 1. The zero-order valence-electron chi connectivity index (χ0n) is 14.5. The molecule has 3 nitrogen and oxygen atoms in total. The number of alkyl halides is 1. The second-order valence-corrected chi connectivity index (χ2v) is 8.50. The first-order valence-electron chi connectivity index (χ1n) is 8.97. The van der Waals surface area contributed by atoms with Gasteiger partial charge in [-0.2, -0.15) is 0 Å². The van der Waals surface area contributed by atoms with E-state index in [-0.39, 0.29) is 0 Å². The van der Waals surface area contributed by atoms with Gasteiger partial charge in [0.25, 0.3) is 0 Å². The van der Waals surface area contributed by atoms with Gasteiger partial charge in [0.2, 0.25) is 0 Å². The summed E-state index contributed by atoms with van der Waals surface area (Å²) in [4.78, 5) is 4.83. The molecule has 0 radical (unpaired) electrons. The molecule has 2 unspecified atom stereocenters. The SMILES string of the molecule is N=C1c2ccccc2C(O)c2c1nc1c(c2-c2ccccc2)=CC(I)CC=1. The minimum atomic E-state index is -0.790. The predicted molar refractivity (Wildman–Crippen MR) is 117 cm³/mol. The first kappa shape index (κ1) is 16.8. The average Bonchev–Trinajstić information content (AvgIpc) is 2.71. The summed E-state index contributed by atoms with van der Waals surface area (Å²) in [5, 5.41) is 22.0. The van der Waals surface area contributed by atoms with Gasteiger partial charge in [0.05, 0.1) is 16.8 Å². The van der Waals surface area contributed by atoms with Gasteiger partial charge in [0.15, 0.2) is 0 Å². The van der Waals surface area contributed by atoms with Gasteiger partial charge < -0.3 is 5.11 Å². The number of nitrogens with zero attached hydrogens (tertiary/aromatic N) is 1. The highest BCUT2D eigenvalue weighted by molar-refractivity contribution is 14.1. The smallest absolute Gasteiger partial charge is 0.107 e. The van der Waals surface area contributed by atoms with Crippen LogP contribution in [0, 0.1) is 5.41 Å². The maximum Gasteiger partial charge on any atom is 0.107 e. The lowest BCUT2D eigenvalue weighted by atomic mass is 9.80. The lowest BCUT2D eigenvalue weighted by Crippen LogP contribution is -2.39. The van der Waals surface area contributed by atoms with Crippen molar-refractivity contribution in [1.82, 2.24) is 4.98 Å². The Bertz CT molecular complexity index is 1200. The van der Waals surface area contributed by atoms with E-state index in [0.29, 0.717) is 15.3 Å². The topological polar surface area (TPSA) is 57.0 Å². The van der Waals surface area contributed by atoms with E-state index in [1.807, 2.05) is 42.5 Å². The van der Waals surface area contributed by atoms with E-state index in [9.17, 15) is 5.11 Å². The molecule has 2 aliphatic carbocycles. The number of benzene rings is 2. The predicted octanol–water partition coefficient (Wildman–Crippen LogP) is 3.33. The van der Waals surface area contributed by atoms with Gasteiger partial charge in [-0.15, -0.1) is 0 Å². The van der Waals surface area contributed by atoms with E-state index in [0.717, 1.165) is 44.8 Å². The summed E-state index contributed by atoms with van der Waals surface area (Å²) in [5.41, 5.74) is 5.31. The molecule has 5 rings (SSSR count). The molecule has 0 fully saturated rings. The number of rotatable bonds is 1. The third-order valence-corrected chi connectivity index (χ3v) is 6.15. The maximum atomic E-state index is 11.3. The molecule has 2 atom stereocenters. The van der Waals surface area contributed by atoms with Crippen LogP contribution in [0.4, 0.5) is 0 Å². The molecular formula is C23H17IN2O. The number of aliphatic hydroxyl groups is 1. The number of aromatic nitrogens is 1. The third kappa shape index (κ3) is 2.58. The van der Waals surface area contributed by atoms with Crippen molar-refractivity contribution in [3.63, 3.8) is 0 Å². The zero-order chi connectivity index (χ0) is 18.5. The Morgan fingerprint density at radius 1 is 1.04 bits per heavy atom. The molecule has 2 aromatic carbocycles. The minimum absolute atomic E-state index is 0.385. The van der Waals surface area contributed by atoms with Crippen LogP contribution in [0.3, 0.4) is 0 Å². The lowest BCUT2D eigenvalue weighted by molar-refractivity contribution is 0.218. The maximum absolute atomic E-state index is 11.3. The van der Waals surface area contributed by atoms with Crippen LogP contribution in [0.5, 0.6) is 0 Å². The van der Waals surface area contributed by atoms with Gasteiger partial charge in [-0.3, -0.25) is 5.41 Å². The number of aliphatic hydroxyl groups excluding tert-OH is 1. The number of fused-ring (bicyclic) bond motifs is 3. The molecule has 4 heteroatoms. The van der Waals surface area contributed by atoms with Crippen LogP contribution in [-0.2, 0) is 0 Å². The summed E-state index contributed by atoms with van der Waals surface area (Å²) in [6.45, 7) is 0. The van der Waals surface area contributed by atoms with Gasteiger partial charge in [-0.25, -0.2) is 4.98 Å². The molecule has 0 saturated carbocycles. The van der Waals surface area contributed by atoms with Crippen molar-refractivity contribution >= 4 is 40.5 Å². The standard InChI is InChI=1S/C23H17IN2O/c24-14-10-11-18-17(12-14)19(13-6-2-1-3-7-13)20-22(26-18)21(25)15-8-4-5-9-16(15)23(20)27/h1-9,11-12,14,23,25,27H,10H2. The fourth-order valence-electron chi connectivity index (χ4n) is 4.05. The van der Waals surface area contributed by atoms with E-state index < -0.39 is 6.10 Å². The highest BCUT2D eigenvalue weighted by atomic mass is 127. The normalized spacial score (nSPS) is 20.0. The van der Waals surface area contributed by atoms with Crippen LogP contribution in [-0.4, -0.2) is 19.7 Å². The number of hydrogen-bond acceptors (Lipinski definition) is 3. The second kappa shape index (κ2) is 6.39. The van der Waals surface area contributed by atoms with E-state index in [2.05, 4.69) is 46.9 Å². The number of hydrogen-bond donors (Lipinski definition) is 2. The van der Waals surface area contributed by atoms with Crippen LogP contribution in [0.1, 0.15) is 34.9 Å². The van der Waals surface area contributed by atoms with Crippen LogP contribution in [0.2, 0.25) is 0 Å². The molecule has 1 heterocycles. The Labute approximate surface area is 170 Å². The van der Waals surface area contributed by atoms with Crippen molar-refractivity contribution in [2.75, 3.05) is 0 Å². The van der Waals surface area contributed by atoms with E-state index in [1.165, 1.54) is 0 Å². The van der Waals surface area contributed by atoms with Gasteiger partial charge in [-0.1, -0.05) is 89.3 Å². The summed E-state index contributed by atoms with van der Waals surface area (Å²) in [6.07, 6.45) is 4.53. The summed E-state index contributed by atoms with van der Waals surface area (Å²) < 4.78 is 0.393. The van der Waals surface area contributed by atoms with Crippen LogP contribution in [0.15, 0.2) is 54.6 Å². The first-order chi connectivity index (χ1) is 13.1. The van der Waals surface area contributed by atoms with Gasteiger partial charge in [0.1, 0.15) is 6.10 Å². The molecule has 2 aliphatic rings. The van der Waals surface area contributed by atoms with Crippen molar-refractivity contribution < 1.29 is 5.11 Å². The Hall–Kier alpha value is -2.31. The molecule has 0 spiro atoms. The van der Waals surface area contributed by atoms with Crippen molar-refractivity contribution in [2.24, 2.45) is 0 Å². The lowest BCUT2D eigenvalue weighted by Gasteiger charge is -2.28. The van der Waals surface area contributed by atoms with Crippen molar-refractivity contribution in [3.05, 3.63) is 87.5 Å². The summed E-state index contributed by atoms with van der Waals surface area (Å²) >= 11 is 2.44. The van der Waals surface area contributed by atoms with Crippen molar-refractivity contribution in [1.29, 1.82) is 5.41 Å². The van der Waals surface area contributed by atoms with Crippen molar-refractivity contribution in [2.45, 2.75) is 16.4 Å². The average molecular weight is 464 g/mol. The molecule has 0 bridgehead atoms. The minimum Gasteiger partial charge on any atom is -0.384 e. The Balaban J connectivity index is 1.94. The Morgan fingerprint density at radius 2 is 1.78 bits per heavy atom. The zero-order valence-corrected chi connectivity index (χ0v) is 16.6. The fourth-order valence-corrected chi connectivity index (χ4v) is 4.66. The quantitative estimate of drug-likeness (QED) is 0.429.